The molecule has 1 atom stereocenters. The number of aliphatic hydroxyl groups is 1. The van der Waals surface area contributed by atoms with Gasteiger partial charge >= 0.3 is 0 Å². The van der Waals surface area contributed by atoms with Crippen LogP contribution >= 0.6 is 0 Å². The Labute approximate surface area is 103 Å². The molecule has 1 saturated carbocycles. The Bertz CT molecular complexity index is 275. The van der Waals surface area contributed by atoms with E-state index >= 15 is 0 Å². The van der Waals surface area contributed by atoms with E-state index in [4.69, 9.17) is 0 Å². The molecule has 4 nitrogen and oxygen atoms in total. The van der Waals surface area contributed by atoms with Gasteiger partial charge in [0.15, 0.2) is 0 Å². The van der Waals surface area contributed by atoms with Crippen LogP contribution in [-0.2, 0) is 4.79 Å². The minimum absolute atomic E-state index is 0.236. The lowest BCUT2D eigenvalue weighted by Gasteiger charge is -2.36. The third-order valence-corrected chi connectivity index (χ3v) is 4.13. The zero-order valence-corrected chi connectivity index (χ0v) is 10.7. The Morgan fingerprint density at radius 1 is 1.41 bits per heavy atom. The van der Waals surface area contributed by atoms with E-state index in [1.54, 1.807) is 4.90 Å². The third-order valence-electron chi connectivity index (χ3n) is 4.13. The lowest BCUT2D eigenvalue weighted by atomic mass is 9.84. The van der Waals surface area contributed by atoms with Crippen LogP contribution < -0.4 is 5.32 Å². The molecule has 1 aliphatic heterocycles. The summed E-state index contributed by atoms with van der Waals surface area (Å²) >= 11 is 0. The highest BCUT2D eigenvalue weighted by Crippen LogP contribution is 2.27. The summed E-state index contributed by atoms with van der Waals surface area (Å²) in [6.45, 7) is 1.45. The highest BCUT2D eigenvalue weighted by Gasteiger charge is 2.31. The molecule has 2 rings (SSSR count). The Balaban J connectivity index is 1.76. The molecule has 0 spiro atoms. The van der Waals surface area contributed by atoms with Gasteiger partial charge in [-0.1, -0.05) is 19.3 Å². The van der Waals surface area contributed by atoms with Crippen molar-refractivity contribution in [2.75, 3.05) is 20.1 Å². The van der Waals surface area contributed by atoms with Gasteiger partial charge in [-0.3, -0.25) is 4.79 Å². The summed E-state index contributed by atoms with van der Waals surface area (Å²) in [6, 6.07) is 0.351. The number of carbonyl (C=O) groups excluding carboxylic acids is 1. The van der Waals surface area contributed by atoms with Crippen LogP contribution in [0.5, 0.6) is 0 Å². The van der Waals surface area contributed by atoms with Gasteiger partial charge in [0.25, 0.3) is 0 Å². The van der Waals surface area contributed by atoms with E-state index in [0.717, 1.165) is 38.6 Å². The Hall–Kier alpha value is -0.610. The fraction of sp³-hybridized carbons (Fsp3) is 0.923. The van der Waals surface area contributed by atoms with Gasteiger partial charge in [0.05, 0.1) is 5.60 Å². The van der Waals surface area contributed by atoms with Crippen LogP contribution in [0.25, 0.3) is 0 Å². The molecule has 0 aromatic carbocycles. The topological polar surface area (TPSA) is 52.6 Å². The second kappa shape index (κ2) is 5.36. The van der Waals surface area contributed by atoms with E-state index in [9.17, 15) is 9.90 Å². The van der Waals surface area contributed by atoms with Crippen LogP contribution in [-0.4, -0.2) is 47.7 Å². The smallest absolute Gasteiger partial charge is 0.222 e. The summed E-state index contributed by atoms with van der Waals surface area (Å²) in [5.74, 6) is 0.236. The van der Waals surface area contributed by atoms with E-state index in [2.05, 4.69) is 5.32 Å². The number of hydrogen-bond acceptors (Lipinski definition) is 3. The maximum Gasteiger partial charge on any atom is 0.222 e. The number of amides is 1. The first-order chi connectivity index (χ1) is 8.09. The molecule has 2 aliphatic rings. The number of rotatable bonds is 3. The molecule has 17 heavy (non-hydrogen) atoms. The molecule has 0 aromatic rings. The summed E-state index contributed by atoms with van der Waals surface area (Å²) in [5, 5.41) is 13.8. The fourth-order valence-corrected chi connectivity index (χ4v) is 2.90. The van der Waals surface area contributed by atoms with Crippen LogP contribution in [0.4, 0.5) is 0 Å². The molecule has 98 valence electrons. The van der Waals surface area contributed by atoms with E-state index in [1.165, 1.54) is 6.42 Å². The first kappa shape index (κ1) is 12.8. The standard InChI is InChI=1S/C13H24N2O2/c1-15-9-11(5-6-12(15)16)14-10-13(17)7-3-2-4-8-13/h11,14,17H,2-10H2,1H3. The molecular weight excluding hydrogens is 216 g/mol. The van der Waals surface area contributed by atoms with Crippen LogP contribution in [0.3, 0.4) is 0 Å². The molecule has 1 heterocycles. The van der Waals surface area contributed by atoms with Crippen molar-refractivity contribution >= 4 is 5.91 Å². The zero-order valence-electron chi connectivity index (χ0n) is 10.7. The molecule has 0 aromatic heterocycles. The summed E-state index contributed by atoms with van der Waals surface area (Å²) in [7, 11) is 1.85. The Morgan fingerprint density at radius 3 is 2.76 bits per heavy atom. The Kier molecular flexibility index (Phi) is 4.05. The van der Waals surface area contributed by atoms with Crippen LogP contribution in [0.2, 0.25) is 0 Å². The number of likely N-dealkylation sites (N-methyl/N-ethyl adjacent to an activating group) is 1. The highest BCUT2D eigenvalue weighted by molar-refractivity contribution is 5.76. The van der Waals surface area contributed by atoms with Gasteiger partial charge in [0.2, 0.25) is 5.91 Å². The molecule has 1 saturated heterocycles. The van der Waals surface area contributed by atoms with E-state index in [1.807, 2.05) is 7.05 Å². The SMILES string of the molecule is CN1CC(NCC2(O)CCCCC2)CCC1=O. The lowest BCUT2D eigenvalue weighted by molar-refractivity contribution is -0.132. The molecule has 1 unspecified atom stereocenters. The third kappa shape index (κ3) is 3.42. The van der Waals surface area contributed by atoms with Gasteiger partial charge in [-0.05, 0) is 19.3 Å². The number of piperidine rings is 1. The van der Waals surface area contributed by atoms with Gasteiger partial charge in [-0.15, -0.1) is 0 Å². The van der Waals surface area contributed by atoms with E-state index < -0.39 is 5.60 Å². The lowest BCUT2D eigenvalue weighted by Crippen LogP contribution is -2.51. The second-order valence-electron chi connectivity index (χ2n) is 5.68. The first-order valence-electron chi connectivity index (χ1n) is 6.79. The maximum atomic E-state index is 11.4. The molecule has 0 bridgehead atoms. The molecular formula is C13H24N2O2. The number of hydrogen-bond donors (Lipinski definition) is 2. The monoisotopic (exact) mass is 240 g/mol. The normalized spacial score (nSPS) is 29.4. The van der Waals surface area contributed by atoms with Crippen molar-refractivity contribution in [3.05, 3.63) is 0 Å². The number of carbonyl (C=O) groups is 1. The van der Waals surface area contributed by atoms with Crippen molar-refractivity contribution in [3.8, 4) is 0 Å². The maximum absolute atomic E-state index is 11.4. The summed E-state index contributed by atoms with van der Waals surface area (Å²) < 4.78 is 0. The summed E-state index contributed by atoms with van der Waals surface area (Å²) in [5.41, 5.74) is -0.502. The second-order valence-corrected chi connectivity index (χ2v) is 5.68. The number of likely N-dealkylation sites (tertiary alicyclic amines) is 1. The molecule has 1 amide bonds. The molecule has 1 aliphatic carbocycles. The van der Waals surface area contributed by atoms with Gasteiger partial charge in [0.1, 0.15) is 0 Å². The van der Waals surface area contributed by atoms with E-state index in [-0.39, 0.29) is 5.91 Å². The largest absolute Gasteiger partial charge is 0.389 e. The zero-order chi connectivity index (χ0) is 12.3. The van der Waals surface area contributed by atoms with Crippen LogP contribution in [0, 0.1) is 0 Å². The highest BCUT2D eigenvalue weighted by atomic mass is 16.3. The molecule has 0 radical (unpaired) electrons. The summed E-state index contributed by atoms with van der Waals surface area (Å²) in [4.78, 5) is 13.1. The Morgan fingerprint density at radius 2 is 2.12 bits per heavy atom. The van der Waals surface area contributed by atoms with Crippen molar-refractivity contribution in [1.29, 1.82) is 0 Å². The van der Waals surface area contributed by atoms with Crippen molar-refractivity contribution in [3.63, 3.8) is 0 Å². The van der Waals surface area contributed by atoms with Crippen LogP contribution in [0.1, 0.15) is 44.9 Å². The average Bonchev–Trinajstić information content (AvgIpc) is 2.32. The van der Waals surface area contributed by atoms with Gasteiger partial charge in [-0.2, -0.15) is 0 Å². The van der Waals surface area contributed by atoms with Crippen LogP contribution in [0.15, 0.2) is 0 Å². The number of nitrogens with zero attached hydrogens (tertiary/aromatic N) is 1. The molecule has 2 fully saturated rings. The van der Waals surface area contributed by atoms with Crippen molar-refractivity contribution in [1.82, 2.24) is 10.2 Å². The predicted molar refractivity (Wildman–Crippen MR) is 66.7 cm³/mol. The van der Waals surface area contributed by atoms with Gasteiger partial charge in [-0.25, -0.2) is 0 Å². The van der Waals surface area contributed by atoms with Gasteiger partial charge in [0, 0.05) is 32.6 Å². The van der Waals surface area contributed by atoms with Crippen molar-refractivity contribution in [2.45, 2.75) is 56.6 Å². The average molecular weight is 240 g/mol. The van der Waals surface area contributed by atoms with E-state index in [0.29, 0.717) is 19.0 Å². The molecule has 2 N–H and O–H groups in total. The minimum atomic E-state index is -0.502. The minimum Gasteiger partial charge on any atom is -0.389 e. The molecule has 4 heteroatoms. The quantitative estimate of drug-likeness (QED) is 0.770. The fourth-order valence-electron chi connectivity index (χ4n) is 2.90. The summed E-state index contributed by atoms with van der Waals surface area (Å²) in [6.07, 6.45) is 6.90. The van der Waals surface area contributed by atoms with Crippen molar-refractivity contribution < 1.29 is 9.90 Å². The van der Waals surface area contributed by atoms with Crippen molar-refractivity contribution in [2.24, 2.45) is 0 Å². The number of nitrogens with one attached hydrogen (secondary N) is 1. The predicted octanol–water partition coefficient (Wildman–Crippen LogP) is 0.892. The first-order valence-corrected chi connectivity index (χ1v) is 6.79. The van der Waals surface area contributed by atoms with Gasteiger partial charge < -0.3 is 15.3 Å².